The fraction of sp³-hybridized carbons (Fsp3) is 0.625. The molecule has 15 heavy (non-hydrogen) atoms. The van der Waals surface area contributed by atoms with Crippen LogP contribution >= 0.6 is 23.9 Å². The summed E-state index contributed by atoms with van der Waals surface area (Å²) in [5.41, 5.74) is -0.474. The SMILES string of the molecule is CC1O[P+]2(C=C(Br)C(C)(C)O2)OC1=O.[Br-]. The van der Waals surface area contributed by atoms with Gasteiger partial charge in [0, 0.05) is 0 Å². The zero-order chi connectivity index (χ0) is 10.6. The van der Waals surface area contributed by atoms with Crippen LogP contribution in [0, 0.1) is 0 Å². The second-order valence-electron chi connectivity index (χ2n) is 3.78. The molecule has 0 bridgehead atoms. The van der Waals surface area contributed by atoms with E-state index in [0.717, 1.165) is 4.48 Å². The molecule has 2 atom stereocenters. The van der Waals surface area contributed by atoms with Crippen molar-refractivity contribution in [2.75, 3.05) is 0 Å². The molecule has 0 amide bonds. The van der Waals surface area contributed by atoms with Crippen LogP contribution in [0.1, 0.15) is 20.8 Å². The molecule has 2 aliphatic heterocycles. The van der Waals surface area contributed by atoms with Crippen LogP contribution in [-0.2, 0) is 18.4 Å². The van der Waals surface area contributed by atoms with Crippen LogP contribution in [0.5, 0.6) is 0 Å². The predicted molar refractivity (Wildman–Crippen MR) is 55.7 cm³/mol. The van der Waals surface area contributed by atoms with Gasteiger partial charge in [0.2, 0.25) is 6.10 Å². The van der Waals surface area contributed by atoms with E-state index in [4.69, 9.17) is 13.6 Å². The number of carbonyl (C=O) groups excluding carboxylic acids is 1. The summed E-state index contributed by atoms with van der Waals surface area (Å²) in [6.45, 7) is 5.44. The lowest BCUT2D eigenvalue weighted by Gasteiger charge is -2.15. The van der Waals surface area contributed by atoms with Gasteiger partial charge in [-0.1, -0.05) is 0 Å². The van der Waals surface area contributed by atoms with Crippen LogP contribution in [0.3, 0.4) is 0 Å². The van der Waals surface area contributed by atoms with E-state index in [-0.39, 0.29) is 23.0 Å². The molecular formula is C8H11Br2O4P. The highest BCUT2D eigenvalue weighted by Crippen LogP contribution is 2.75. The molecule has 0 saturated carbocycles. The average Bonchev–Trinajstić information content (AvgIpc) is 2.35. The maximum absolute atomic E-state index is 11.2. The van der Waals surface area contributed by atoms with Gasteiger partial charge in [0.05, 0.1) is 4.48 Å². The first kappa shape index (κ1) is 13.6. The zero-order valence-corrected chi connectivity index (χ0v) is 12.6. The Morgan fingerprint density at radius 2 is 2.13 bits per heavy atom. The van der Waals surface area contributed by atoms with Crippen LogP contribution < -0.4 is 17.0 Å². The fourth-order valence-corrected chi connectivity index (χ4v) is 4.76. The Balaban J connectivity index is 0.00000112. The van der Waals surface area contributed by atoms with Gasteiger partial charge in [0.25, 0.3) is 0 Å². The molecular weight excluding hydrogens is 351 g/mol. The molecule has 1 spiro atoms. The highest BCUT2D eigenvalue weighted by molar-refractivity contribution is 9.11. The smallest absolute Gasteiger partial charge is 0.492 e. The monoisotopic (exact) mass is 360 g/mol. The normalized spacial score (nSPS) is 37.5. The number of hydrogen-bond donors (Lipinski definition) is 0. The summed E-state index contributed by atoms with van der Waals surface area (Å²) in [5.74, 6) is 1.39. The molecule has 2 heterocycles. The molecule has 0 radical (unpaired) electrons. The van der Waals surface area contributed by atoms with Crippen LogP contribution in [0.15, 0.2) is 10.3 Å². The second kappa shape index (κ2) is 4.08. The van der Waals surface area contributed by atoms with Gasteiger partial charge in [0.15, 0.2) is 5.82 Å². The molecule has 0 aromatic carbocycles. The minimum absolute atomic E-state index is 0. The van der Waals surface area contributed by atoms with E-state index in [1.54, 1.807) is 12.7 Å². The van der Waals surface area contributed by atoms with E-state index in [1.165, 1.54) is 0 Å². The number of carbonyl (C=O) groups is 1. The minimum atomic E-state index is -2.55. The van der Waals surface area contributed by atoms with Crippen LogP contribution in [0.2, 0.25) is 0 Å². The Hall–Kier alpha value is 0.520. The van der Waals surface area contributed by atoms with Gasteiger partial charge in [-0.05, 0) is 36.7 Å². The Morgan fingerprint density at radius 1 is 1.53 bits per heavy atom. The van der Waals surface area contributed by atoms with Crippen molar-refractivity contribution in [2.45, 2.75) is 32.5 Å². The van der Waals surface area contributed by atoms with Crippen molar-refractivity contribution < 1.29 is 35.3 Å². The molecule has 7 heteroatoms. The highest BCUT2D eigenvalue weighted by Gasteiger charge is 2.65. The van der Waals surface area contributed by atoms with Gasteiger partial charge in [0.1, 0.15) is 5.60 Å². The van der Waals surface area contributed by atoms with E-state index in [2.05, 4.69) is 15.9 Å². The Morgan fingerprint density at radius 3 is 2.47 bits per heavy atom. The molecule has 1 saturated heterocycles. The zero-order valence-electron chi connectivity index (χ0n) is 8.49. The van der Waals surface area contributed by atoms with E-state index >= 15 is 0 Å². The maximum atomic E-state index is 11.2. The molecule has 0 aromatic heterocycles. The molecule has 0 aromatic rings. The lowest BCUT2D eigenvalue weighted by atomic mass is 10.1. The van der Waals surface area contributed by atoms with Crippen molar-refractivity contribution in [2.24, 2.45) is 0 Å². The summed E-state index contributed by atoms with van der Waals surface area (Å²) in [4.78, 5) is 11.2. The summed E-state index contributed by atoms with van der Waals surface area (Å²) in [6.07, 6.45) is -0.534. The quantitative estimate of drug-likeness (QED) is 0.559. The van der Waals surface area contributed by atoms with Crippen molar-refractivity contribution >= 4 is 29.8 Å². The van der Waals surface area contributed by atoms with E-state index in [9.17, 15) is 4.79 Å². The summed E-state index contributed by atoms with van der Waals surface area (Å²) >= 11 is 3.38. The standard InChI is InChI=1S/C8H11BrO4P.BrH/c1-5-7(10)12-14(11-5)4-6(9)8(2,3)13-14;/h4-5H,1-3H3;1H/q+1;/p-1. The lowest BCUT2D eigenvalue weighted by molar-refractivity contribution is -0.135. The van der Waals surface area contributed by atoms with Crippen molar-refractivity contribution in [3.63, 3.8) is 0 Å². The lowest BCUT2D eigenvalue weighted by Crippen LogP contribution is -3.00. The number of rotatable bonds is 0. The summed E-state index contributed by atoms with van der Waals surface area (Å²) in [5, 5.41) is 0. The van der Waals surface area contributed by atoms with E-state index < -0.39 is 19.6 Å². The molecule has 1 fully saturated rings. The van der Waals surface area contributed by atoms with Crippen LogP contribution in [0.25, 0.3) is 0 Å². The molecule has 0 N–H and O–H groups in total. The maximum Gasteiger partial charge on any atom is 0.492 e. The first-order valence-corrected chi connectivity index (χ1v) is 6.65. The molecule has 86 valence electrons. The summed E-state index contributed by atoms with van der Waals surface area (Å²) in [7, 11) is -2.55. The van der Waals surface area contributed by atoms with Crippen molar-refractivity contribution in [1.82, 2.24) is 0 Å². The number of halogens is 2. The second-order valence-corrected chi connectivity index (χ2v) is 6.54. The van der Waals surface area contributed by atoms with Crippen molar-refractivity contribution in [1.29, 1.82) is 0 Å². The largest absolute Gasteiger partial charge is 1.00 e. The first-order chi connectivity index (χ1) is 6.35. The highest BCUT2D eigenvalue weighted by atomic mass is 79.9. The Bertz CT molecular complexity index is 331. The van der Waals surface area contributed by atoms with Gasteiger partial charge >= 0.3 is 13.9 Å². The average molecular weight is 362 g/mol. The minimum Gasteiger partial charge on any atom is -1.00 e. The van der Waals surface area contributed by atoms with E-state index in [0.29, 0.717) is 0 Å². The molecule has 0 aliphatic carbocycles. The van der Waals surface area contributed by atoms with Crippen molar-refractivity contribution in [3.8, 4) is 0 Å². The topological polar surface area (TPSA) is 44.8 Å². The third kappa shape index (κ3) is 2.29. The van der Waals surface area contributed by atoms with Gasteiger partial charge in [-0.2, -0.15) is 9.05 Å². The van der Waals surface area contributed by atoms with Gasteiger partial charge in [-0.3, -0.25) is 0 Å². The van der Waals surface area contributed by atoms with Gasteiger partial charge < -0.3 is 17.0 Å². The predicted octanol–water partition coefficient (Wildman–Crippen LogP) is -0.240. The van der Waals surface area contributed by atoms with Gasteiger partial charge in [-0.15, -0.1) is 0 Å². The summed E-state index contributed by atoms with van der Waals surface area (Å²) in [6, 6.07) is 0. The van der Waals surface area contributed by atoms with E-state index in [1.807, 2.05) is 13.8 Å². The Kier molecular flexibility index (Phi) is 3.69. The third-order valence-electron chi connectivity index (χ3n) is 2.06. The molecule has 2 rings (SSSR count). The molecule has 2 aliphatic rings. The fourth-order valence-electron chi connectivity index (χ4n) is 1.26. The third-order valence-corrected chi connectivity index (χ3v) is 5.92. The number of hydrogen-bond acceptors (Lipinski definition) is 4. The Labute approximate surface area is 108 Å². The molecule has 2 unspecified atom stereocenters. The first-order valence-electron chi connectivity index (χ1n) is 4.25. The van der Waals surface area contributed by atoms with Crippen LogP contribution in [0.4, 0.5) is 0 Å². The van der Waals surface area contributed by atoms with Crippen LogP contribution in [-0.4, -0.2) is 17.7 Å². The molecule has 4 nitrogen and oxygen atoms in total. The van der Waals surface area contributed by atoms with Gasteiger partial charge in [-0.25, -0.2) is 9.32 Å². The van der Waals surface area contributed by atoms with Crippen molar-refractivity contribution in [3.05, 3.63) is 10.3 Å². The summed E-state index contributed by atoms with van der Waals surface area (Å²) < 4.78 is 17.1.